The summed E-state index contributed by atoms with van der Waals surface area (Å²) in [5.41, 5.74) is 4.75. The van der Waals surface area contributed by atoms with Gasteiger partial charge in [-0.15, -0.1) is 0 Å². The van der Waals surface area contributed by atoms with E-state index in [4.69, 9.17) is 4.98 Å². The van der Waals surface area contributed by atoms with E-state index in [0.29, 0.717) is 23.9 Å². The molecule has 0 saturated heterocycles. The van der Waals surface area contributed by atoms with E-state index in [1.807, 2.05) is 36.4 Å². The first-order chi connectivity index (χ1) is 16.0. The quantitative estimate of drug-likeness (QED) is 0.488. The van der Waals surface area contributed by atoms with Gasteiger partial charge in [0, 0.05) is 5.39 Å². The average Bonchev–Trinajstić information content (AvgIpc) is 2.84. The van der Waals surface area contributed by atoms with Crippen molar-refractivity contribution in [2.24, 2.45) is 0 Å². The van der Waals surface area contributed by atoms with E-state index in [-0.39, 0.29) is 11.3 Å². The fraction of sp³-hybridized carbons (Fsp3) is 0.429. The van der Waals surface area contributed by atoms with E-state index < -0.39 is 5.97 Å². The molecule has 5 nitrogen and oxygen atoms in total. The third-order valence-corrected chi connectivity index (χ3v) is 6.58. The average molecular weight is 449 g/mol. The van der Waals surface area contributed by atoms with Crippen molar-refractivity contribution in [2.75, 3.05) is 19.6 Å². The molecule has 0 amide bonds. The van der Waals surface area contributed by atoms with Crippen LogP contribution in [0.4, 0.5) is 0 Å². The highest BCUT2D eigenvalue weighted by Gasteiger charge is 2.23. The lowest BCUT2D eigenvalue weighted by Gasteiger charge is -2.19. The molecule has 3 aromatic rings. The molecule has 0 saturated carbocycles. The van der Waals surface area contributed by atoms with Crippen LogP contribution in [0, 0.1) is 0 Å². The maximum absolute atomic E-state index is 11.8. The Balaban J connectivity index is 0.000000383. The van der Waals surface area contributed by atoms with Crippen LogP contribution < -0.4 is 0 Å². The van der Waals surface area contributed by atoms with Crippen molar-refractivity contribution in [1.29, 1.82) is 0 Å². The molecule has 0 spiro atoms. The van der Waals surface area contributed by atoms with Crippen LogP contribution in [-0.4, -0.2) is 45.7 Å². The summed E-state index contributed by atoms with van der Waals surface area (Å²) in [5.74, 6) is -1.30. The minimum absolute atomic E-state index is 0.0218. The molecule has 1 aliphatic carbocycles. The summed E-state index contributed by atoms with van der Waals surface area (Å²) in [7, 11) is 0. The van der Waals surface area contributed by atoms with Gasteiger partial charge in [0.2, 0.25) is 0 Å². The minimum Gasteiger partial charge on any atom is -0.505 e. The molecule has 0 radical (unpaired) electrons. The van der Waals surface area contributed by atoms with Gasteiger partial charge in [0.15, 0.2) is 5.75 Å². The first kappa shape index (κ1) is 24.7. The maximum Gasteiger partial charge on any atom is 0.340 e. The number of aromatic nitrogens is 1. The van der Waals surface area contributed by atoms with Gasteiger partial charge in [0.05, 0.1) is 11.2 Å². The normalized spacial score (nSPS) is 12.8. The lowest BCUT2D eigenvalue weighted by atomic mass is 9.88. The molecule has 176 valence electrons. The number of hydrogen-bond acceptors (Lipinski definition) is 4. The molecule has 0 fully saturated rings. The second-order valence-electron chi connectivity index (χ2n) is 8.50. The summed E-state index contributed by atoms with van der Waals surface area (Å²) in [4.78, 5) is 19.0. The summed E-state index contributed by atoms with van der Waals surface area (Å²) in [6.45, 7) is 10.1. The van der Waals surface area contributed by atoms with E-state index in [1.165, 1.54) is 25.2 Å². The number of rotatable bonds is 7. The Hall–Kier alpha value is -2.92. The SMILES string of the molecule is CCN(CC)CC.O=C(O)c1c(O)c(CCc2ccccc2)nc2c3c(ccc12)CCCC3. The van der Waals surface area contributed by atoms with Crippen LogP contribution >= 0.6 is 0 Å². The smallest absolute Gasteiger partial charge is 0.340 e. The van der Waals surface area contributed by atoms with E-state index >= 15 is 0 Å². The molecule has 1 aliphatic rings. The molecule has 0 aliphatic heterocycles. The van der Waals surface area contributed by atoms with Crippen molar-refractivity contribution < 1.29 is 15.0 Å². The molecular weight excluding hydrogens is 412 g/mol. The Morgan fingerprint density at radius 2 is 1.61 bits per heavy atom. The zero-order valence-corrected chi connectivity index (χ0v) is 20.1. The van der Waals surface area contributed by atoms with Gasteiger partial charge >= 0.3 is 5.97 Å². The van der Waals surface area contributed by atoms with E-state index in [0.717, 1.165) is 42.3 Å². The molecule has 1 aromatic heterocycles. The van der Waals surface area contributed by atoms with Gasteiger partial charge in [0.25, 0.3) is 0 Å². The van der Waals surface area contributed by atoms with Gasteiger partial charge in [0.1, 0.15) is 5.56 Å². The van der Waals surface area contributed by atoms with Crippen LogP contribution in [0.25, 0.3) is 10.9 Å². The van der Waals surface area contributed by atoms with Gasteiger partial charge < -0.3 is 15.1 Å². The molecule has 33 heavy (non-hydrogen) atoms. The van der Waals surface area contributed by atoms with Crippen molar-refractivity contribution >= 4 is 16.9 Å². The molecule has 1 heterocycles. The summed E-state index contributed by atoms with van der Waals surface area (Å²) in [6.07, 6.45) is 5.40. The standard InChI is InChI=1S/C22H21NO3.C6H15N/c24-21-18(13-10-14-6-2-1-3-7-14)23-20-16-9-5-4-8-15(16)11-12-17(20)19(21)22(25)26;1-4-7(5-2)6-3/h1-3,6-7,11-12,24H,4-5,8-10,13H2,(H,25,26);4-6H2,1-3H3. The summed E-state index contributed by atoms with van der Waals surface area (Å²) < 4.78 is 0. The van der Waals surface area contributed by atoms with Crippen molar-refractivity contribution in [1.82, 2.24) is 9.88 Å². The predicted molar refractivity (Wildman–Crippen MR) is 134 cm³/mol. The third kappa shape index (κ3) is 5.91. The number of carbonyl (C=O) groups is 1. The van der Waals surface area contributed by atoms with Gasteiger partial charge in [-0.25, -0.2) is 9.78 Å². The first-order valence-corrected chi connectivity index (χ1v) is 12.2. The number of nitrogens with zero attached hydrogens (tertiary/aromatic N) is 2. The molecule has 0 atom stereocenters. The molecule has 4 rings (SSSR count). The molecule has 0 bridgehead atoms. The minimum atomic E-state index is -1.10. The highest BCUT2D eigenvalue weighted by molar-refractivity contribution is 6.06. The summed E-state index contributed by atoms with van der Waals surface area (Å²) in [6, 6.07) is 13.8. The van der Waals surface area contributed by atoms with Gasteiger partial charge in [-0.1, -0.05) is 63.2 Å². The van der Waals surface area contributed by atoms with Crippen molar-refractivity contribution in [3.05, 3.63) is 70.4 Å². The molecule has 0 unspecified atom stereocenters. The maximum atomic E-state index is 11.8. The predicted octanol–water partition coefficient (Wildman–Crippen LogP) is 5.65. The second kappa shape index (κ2) is 11.8. The Bertz CT molecular complexity index is 1070. The third-order valence-electron chi connectivity index (χ3n) is 6.58. The van der Waals surface area contributed by atoms with Crippen molar-refractivity contribution in [2.45, 2.75) is 59.3 Å². The lowest BCUT2D eigenvalue weighted by molar-refractivity contribution is 0.0695. The first-order valence-electron chi connectivity index (χ1n) is 12.2. The van der Waals surface area contributed by atoms with E-state index in [1.54, 1.807) is 6.07 Å². The van der Waals surface area contributed by atoms with Crippen molar-refractivity contribution in [3.8, 4) is 5.75 Å². The summed E-state index contributed by atoms with van der Waals surface area (Å²) >= 11 is 0. The van der Waals surface area contributed by atoms with Gasteiger partial charge in [-0.05, 0) is 74.8 Å². The van der Waals surface area contributed by atoms with E-state index in [2.05, 4.69) is 25.7 Å². The molecular formula is C28H36N2O3. The zero-order valence-electron chi connectivity index (χ0n) is 20.1. The fourth-order valence-electron chi connectivity index (χ4n) is 4.57. The fourth-order valence-corrected chi connectivity index (χ4v) is 4.57. The Morgan fingerprint density at radius 3 is 2.21 bits per heavy atom. The molecule has 2 N–H and O–H groups in total. The highest BCUT2D eigenvalue weighted by atomic mass is 16.4. The number of carboxylic acids is 1. The number of benzene rings is 2. The topological polar surface area (TPSA) is 73.7 Å². The van der Waals surface area contributed by atoms with Crippen molar-refractivity contribution in [3.63, 3.8) is 0 Å². The van der Waals surface area contributed by atoms with Gasteiger partial charge in [-0.3, -0.25) is 0 Å². The van der Waals surface area contributed by atoms with Gasteiger partial charge in [-0.2, -0.15) is 0 Å². The van der Waals surface area contributed by atoms with Crippen LogP contribution in [-0.2, 0) is 25.7 Å². The summed E-state index contributed by atoms with van der Waals surface area (Å²) in [5, 5.41) is 20.8. The largest absolute Gasteiger partial charge is 0.505 e. The number of hydrogen-bond donors (Lipinski definition) is 2. The Kier molecular flexibility index (Phi) is 8.84. The highest BCUT2D eigenvalue weighted by Crippen LogP contribution is 2.35. The Morgan fingerprint density at radius 1 is 0.939 bits per heavy atom. The van der Waals surface area contributed by atoms with Crippen LogP contribution in [0.15, 0.2) is 42.5 Å². The van der Waals surface area contributed by atoms with Crippen LogP contribution in [0.2, 0.25) is 0 Å². The van der Waals surface area contributed by atoms with Crippen LogP contribution in [0.1, 0.15) is 66.4 Å². The Labute approximate surface area is 197 Å². The van der Waals surface area contributed by atoms with Crippen LogP contribution in [0.3, 0.4) is 0 Å². The van der Waals surface area contributed by atoms with Crippen LogP contribution in [0.5, 0.6) is 5.75 Å². The lowest BCUT2D eigenvalue weighted by Crippen LogP contribution is -2.21. The van der Waals surface area contributed by atoms with E-state index in [9.17, 15) is 15.0 Å². The molecule has 2 aromatic carbocycles. The number of aromatic carboxylic acids is 1. The second-order valence-corrected chi connectivity index (χ2v) is 8.50. The number of aromatic hydroxyl groups is 1. The number of aryl methyl sites for hydroxylation is 4. The monoisotopic (exact) mass is 448 g/mol. The number of pyridine rings is 1. The molecule has 5 heteroatoms. The number of fused-ring (bicyclic) bond motifs is 3. The number of carboxylic acid groups (broad SMARTS) is 1. The zero-order chi connectivity index (χ0) is 23.8.